The molecular formula is C10H20N2O5. The van der Waals surface area contributed by atoms with Crippen molar-refractivity contribution in [1.82, 2.24) is 0 Å². The van der Waals surface area contributed by atoms with Gasteiger partial charge < -0.3 is 4.74 Å². The van der Waals surface area contributed by atoms with Crippen LogP contribution in [0.2, 0.25) is 0 Å². The van der Waals surface area contributed by atoms with Crippen LogP contribution in [0.3, 0.4) is 0 Å². The van der Waals surface area contributed by atoms with Gasteiger partial charge in [-0.3, -0.25) is 20.2 Å². The van der Waals surface area contributed by atoms with E-state index in [2.05, 4.69) is 0 Å². The Hall–Kier alpha value is -1.24. The zero-order valence-electron chi connectivity index (χ0n) is 10.3. The van der Waals surface area contributed by atoms with Crippen molar-refractivity contribution in [1.29, 1.82) is 0 Å². The standard InChI is InChI=1S/C10H20N2O5/c1-3-9(5-7-11(13)14)17-10(4-2)6-8-12(15)16/h9-10H,3-8H2,1-2H3. The quantitative estimate of drug-likeness (QED) is 0.434. The molecule has 0 rings (SSSR count). The first-order valence-electron chi connectivity index (χ1n) is 5.88. The lowest BCUT2D eigenvalue weighted by molar-refractivity contribution is -0.484. The summed E-state index contributed by atoms with van der Waals surface area (Å²) in [5.74, 6) is 0. The van der Waals surface area contributed by atoms with Gasteiger partial charge in [0.1, 0.15) is 0 Å². The summed E-state index contributed by atoms with van der Waals surface area (Å²) in [5, 5.41) is 20.5. The summed E-state index contributed by atoms with van der Waals surface area (Å²) < 4.78 is 5.64. The summed E-state index contributed by atoms with van der Waals surface area (Å²) in [6.45, 7) is 3.55. The summed E-state index contributed by atoms with van der Waals surface area (Å²) in [4.78, 5) is 19.8. The lowest BCUT2D eigenvalue weighted by Crippen LogP contribution is -2.25. The fourth-order valence-electron chi connectivity index (χ4n) is 1.51. The maximum Gasteiger partial charge on any atom is 0.206 e. The molecule has 0 aliphatic carbocycles. The van der Waals surface area contributed by atoms with Gasteiger partial charge in [-0.1, -0.05) is 13.8 Å². The topological polar surface area (TPSA) is 95.5 Å². The molecule has 0 aliphatic heterocycles. The molecule has 0 amide bonds. The first kappa shape index (κ1) is 15.8. The highest BCUT2D eigenvalue weighted by Crippen LogP contribution is 2.12. The minimum Gasteiger partial charge on any atom is -0.374 e. The normalized spacial score (nSPS) is 14.2. The minimum atomic E-state index is -0.371. The maximum absolute atomic E-state index is 10.3. The maximum atomic E-state index is 10.3. The van der Waals surface area contributed by atoms with Crippen molar-refractivity contribution in [3.05, 3.63) is 20.2 Å². The Morgan fingerprint density at radius 1 is 0.941 bits per heavy atom. The van der Waals surface area contributed by atoms with Crippen molar-refractivity contribution in [3.63, 3.8) is 0 Å². The van der Waals surface area contributed by atoms with Gasteiger partial charge in [-0.15, -0.1) is 0 Å². The van der Waals surface area contributed by atoms with E-state index in [4.69, 9.17) is 4.74 Å². The Labute approximate surface area is 100 Å². The molecule has 0 aromatic heterocycles. The van der Waals surface area contributed by atoms with Gasteiger partial charge in [0.15, 0.2) is 0 Å². The molecule has 0 spiro atoms. The van der Waals surface area contributed by atoms with Gasteiger partial charge in [0.05, 0.1) is 12.2 Å². The first-order chi connectivity index (χ1) is 7.99. The molecule has 17 heavy (non-hydrogen) atoms. The molecule has 0 aromatic carbocycles. The van der Waals surface area contributed by atoms with E-state index in [-0.39, 0.29) is 35.1 Å². The van der Waals surface area contributed by atoms with Gasteiger partial charge in [0, 0.05) is 22.7 Å². The number of nitro groups is 2. The second-order valence-corrected chi connectivity index (χ2v) is 3.89. The molecule has 0 radical (unpaired) electrons. The number of hydrogen-bond donors (Lipinski definition) is 0. The van der Waals surface area contributed by atoms with E-state index < -0.39 is 0 Å². The van der Waals surface area contributed by atoms with Crippen molar-refractivity contribution in [3.8, 4) is 0 Å². The van der Waals surface area contributed by atoms with Crippen LogP contribution >= 0.6 is 0 Å². The third-order valence-electron chi connectivity index (χ3n) is 2.56. The van der Waals surface area contributed by atoms with Gasteiger partial charge in [-0.05, 0) is 12.8 Å². The Morgan fingerprint density at radius 3 is 1.53 bits per heavy atom. The average molecular weight is 248 g/mol. The molecule has 2 atom stereocenters. The Bertz CT molecular complexity index is 223. The number of ether oxygens (including phenoxy) is 1. The lowest BCUT2D eigenvalue weighted by atomic mass is 10.1. The predicted octanol–water partition coefficient (Wildman–Crippen LogP) is 1.89. The Balaban J connectivity index is 4.02. The molecule has 7 nitrogen and oxygen atoms in total. The second-order valence-electron chi connectivity index (χ2n) is 3.89. The highest BCUT2D eigenvalue weighted by atomic mass is 16.6. The Kier molecular flexibility index (Phi) is 8.21. The summed E-state index contributed by atoms with van der Waals surface area (Å²) in [6.07, 6.45) is 1.72. The van der Waals surface area contributed by atoms with Crippen LogP contribution in [-0.2, 0) is 4.74 Å². The van der Waals surface area contributed by atoms with Gasteiger partial charge >= 0.3 is 0 Å². The molecule has 0 saturated heterocycles. The number of nitrogens with zero attached hydrogens (tertiary/aromatic N) is 2. The van der Waals surface area contributed by atoms with E-state index in [9.17, 15) is 20.2 Å². The van der Waals surface area contributed by atoms with Gasteiger partial charge in [0.2, 0.25) is 13.1 Å². The van der Waals surface area contributed by atoms with Crippen molar-refractivity contribution < 1.29 is 14.6 Å². The van der Waals surface area contributed by atoms with Gasteiger partial charge in [-0.25, -0.2) is 0 Å². The lowest BCUT2D eigenvalue weighted by Gasteiger charge is -2.21. The molecular weight excluding hydrogens is 228 g/mol. The van der Waals surface area contributed by atoms with Crippen LogP contribution in [0.5, 0.6) is 0 Å². The molecule has 2 unspecified atom stereocenters. The SMILES string of the molecule is CCC(CC[N+](=O)[O-])OC(CC)CC[N+](=O)[O-]. The van der Waals surface area contributed by atoms with Crippen LogP contribution in [0.15, 0.2) is 0 Å². The first-order valence-corrected chi connectivity index (χ1v) is 5.88. The van der Waals surface area contributed by atoms with Crippen molar-refractivity contribution in [2.45, 2.75) is 51.7 Å². The zero-order valence-corrected chi connectivity index (χ0v) is 10.3. The molecule has 0 aromatic rings. The molecule has 0 aliphatic rings. The van der Waals surface area contributed by atoms with Crippen molar-refractivity contribution in [2.75, 3.05) is 13.1 Å². The molecule has 0 N–H and O–H groups in total. The number of hydrogen-bond acceptors (Lipinski definition) is 5. The van der Waals surface area contributed by atoms with Gasteiger partial charge in [-0.2, -0.15) is 0 Å². The van der Waals surface area contributed by atoms with Crippen molar-refractivity contribution in [2.24, 2.45) is 0 Å². The van der Waals surface area contributed by atoms with E-state index in [1.54, 1.807) is 0 Å². The smallest absolute Gasteiger partial charge is 0.206 e. The van der Waals surface area contributed by atoms with E-state index in [1.165, 1.54) is 0 Å². The van der Waals surface area contributed by atoms with Crippen LogP contribution in [0.25, 0.3) is 0 Å². The van der Waals surface area contributed by atoms with Crippen LogP contribution in [0, 0.1) is 20.2 Å². The number of rotatable bonds is 10. The van der Waals surface area contributed by atoms with Crippen LogP contribution in [-0.4, -0.2) is 35.1 Å². The summed E-state index contributed by atoms with van der Waals surface area (Å²) in [5.41, 5.74) is 0. The summed E-state index contributed by atoms with van der Waals surface area (Å²) >= 11 is 0. The van der Waals surface area contributed by atoms with E-state index in [0.29, 0.717) is 25.7 Å². The third-order valence-corrected chi connectivity index (χ3v) is 2.56. The average Bonchev–Trinajstić information content (AvgIpc) is 2.27. The molecule has 0 fully saturated rings. The zero-order chi connectivity index (χ0) is 13.3. The van der Waals surface area contributed by atoms with Crippen LogP contribution < -0.4 is 0 Å². The highest BCUT2D eigenvalue weighted by molar-refractivity contribution is 4.61. The van der Waals surface area contributed by atoms with E-state index >= 15 is 0 Å². The van der Waals surface area contributed by atoms with Crippen LogP contribution in [0.4, 0.5) is 0 Å². The van der Waals surface area contributed by atoms with Crippen molar-refractivity contribution >= 4 is 0 Å². The summed E-state index contributed by atoms with van der Waals surface area (Å²) in [7, 11) is 0. The van der Waals surface area contributed by atoms with Gasteiger partial charge in [0.25, 0.3) is 0 Å². The minimum absolute atomic E-state index is 0.121. The largest absolute Gasteiger partial charge is 0.374 e. The fourth-order valence-corrected chi connectivity index (χ4v) is 1.51. The molecule has 0 saturated carbocycles. The highest BCUT2D eigenvalue weighted by Gasteiger charge is 2.17. The predicted molar refractivity (Wildman–Crippen MR) is 62.2 cm³/mol. The second kappa shape index (κ2) is 8.86. The molecule has 7 heteroatoms. The van der Waals surface area contributed by atoms with E-state index in [1.807, 2.05) is 13.8 Å². The molecule has 0 heterocycles. The fraction of sp³-hybridized carbons (Fsp3) is 1.00. The monoisotopic (exact) mass is 248 g/mol. The molecule has 100 valence electrons. The van der Waals surface area contributed by atoms with E-state index in [0.717, 1.165) is 0 Å². The Morgan fingerprint density at radius 2 is 1.29 bits per heavy atom. The molecule has 0 bridgehead atoms. The van der Waals surface area contributed by atoms with Crippen LogP contribution in [0.1, 0.15) is 39.5 Å². The third kappa shape index (κ3) is 8.56. The summed E-state index contributed by atoms with van der Waals surface area (Å²) in [6, 6.07) is 0.